The van der Waals surface area contributed by atoms with Gasteiger partial charge >= 0.3 is 6.09 Å². The van der Waals surface area contributed by atoms with Gasteiger partial charge in [0.1, 0.15) is 17.8 Å². The van der Waals surface area contributed by atoms with Crippen LogP contribution < -0.4 is 4.74 Å². The van der Waals surface area contributed by atoms with Crippen molar-refractivity contribution in [2.45, 2.75) is 39.3 Å². The van der Waals surface area contributed by atoms with Crippen molar-refractivity contribution in [1.29, 1.82) is 0 Å². The molecule has 0 aliphatic carbocycles. The number of fused-ring (bicyclic) bond motifs is 1. The lowest BCUT2D eigenvalue weighted by molar-refractivity contribution is 0.0139. The Bertz CT molecular complexity index is 1420. The minimum absolute atomic E-state index is 0.238. The van der Waals surface area contributed by atoms with Gasteiger partial charge in [-0.15, -0.1) is 0 Å². The number of carbonyl (C=O) groups excluding carboxylic acids is 1. The number of aromatic amines is 1. The molecule has 1 fully saturated rings. The van der Waals surface area contributed by atoms with Crippen LogP contribution >= 0.6 is 0 Å². The molecule has 1 aliphatic rings. The number of benzene rings is 1. The van der Waals surface area contributed by atoms with Crippen molar-refractivity contribution in [1.82, 2.24) is 34.7 Å². The molecule has 0 spiro atoms. The highest BCUT2D eigenvalue weighted by Crippen LogP contribution is 2.24. The highest BCUT2D eigenvalue weighted by Gasteiger charge is 2.25. The third-order valence-corrected chi connectivity index (χ3v) is 6.34. The predicted octanol–water partition coefficient (Wildman–Crippen LogP) is 4.07. The molecule has 1 saturated heterocycles. The maximum Gasteiger partial charge on any atom is 0.410 e. The van der Waals surface area contributed by atoms with E-state index in [1.165, 1.54) is 11.9 Å². The molecule has 1 aromatic carbocycles. The van der Waals surface area contributed by atoms with Crippen molar-refractivity contribution in [3.8, 4) is 17.1 Å². The quantitative estimate of drug-likeness (QED) is 0.409. The average Bonchev–Trinajstić information content (AvgIpc) is 3.30. The fourth-order valence-corrected chi connectivity index (χ4v) is 4.48. The summed E-state index contributed by atoms with van der Waals surface area (Å²) < 4.78 is 10.7. The number of H-pyrrole nitrogens is 1. The summed E-state index contributed by atoms with van der Waals surface area (Å²) >= 11 is 0. The topological polar surface area (TPSA) is 109 Å². The number of methoxy groups -OCH3 is 1. The van der Waals surface area contributed by atoms with E-state index >= 15 is 0 Å². The Morgan fingerprint density at radius 2 is 1.84 bits per heavy atom. The first-order valence-corrected chi connectivity index (χ1v) is 12.7. The molecular formula is C28H33N7O3. The van der Waals surface area contributed by atoms with E-state index in [9.17, 15) is 4.79 Å². The zero-order chi connectivity index (χ0) is 26.7. The highest BCUT2D eigenvalue weighted by molar-refractivity contribution is 5.81. The van der Waals surface area contributed by atoms with Crippen molar-refractivity contribution in [2.75, 3.05) is 33.3 Å². The van der Waals surface area contributed by atoms with Crippen molar-refractivity contribution >= 4 is 17.1 Å². The maximum atomic E-state index is 12.3. The monoisotopic (exact) mass is 515 g/mol. The second-order valence-corrected chi connectivity index (χ2v) is 10.4. The van der Waals surface area contributed by atoms with E-state index in [2.05, 4.69) is 30.9 Å². The number of hydrogen-bond donors (Lipinski definition) is 1. The van der Waals surface area contributed by atoms with Gasteiger partial charge in [-0.1, -0.05) is 6.07 Å². The van der Waals surface area contributed by atoms with E-state index in [1.54, 1.807) is 12.0 Å². The predicted molar refractivity (Wildman–Crippen MR) is 144 cm³/mol. The molecule has 10 nitrogen and oxygen atoms in total. The molecule has 3 aromatic heterocycles. The van der Waals surface area contributed by atoms with Gasteiger partial charge in [-0.2, -0.15) is 0 Å². The number of piperazine rings is 1. The Morgan fingerprint density at radius 3 is 2.61 bits per heavy atom. The Morgan fingerprint density at radius 1 is 1.03 bits per heavy atom. The van der Waals surface area contributed by atoms with E-state index in [0.717, 1.165) is 53.4 Å². The number of nitrogens with one attached hydrogen (secondary N) is 1. The minimum atomic E-state index is -0.477. The summed E-state index contributed by atoms with van der Waals surface area (Å²) in [6.45, 7) is 9.42. The summed E-state index contributed by atoms with van der Waals surface area (Å²) in [4.78, 5) is 37.7. The number of carbonyl (C=O) groups is 1. The van der Waals surface area contributed by atoms with Gasteiger partial charge in [-0.05, 0) is 50.6 Å². The van der Waals surface area contributed by atoms with E-state index in [0.29, 0.717) is 25.4 Å². The summed E-state index contributed by atoms with van der Waals surface area (Å²) in [7, 11) is 1.59. The van der Waals surface area contributed by atoms with Gasteiger partial charge in [0.25, 0.3) is 0 Å². The van der Waals surface area contributed by atoms with Gasteiger partial charge in [0.15, 0.2) is 0 Å². The second-order valence-electron chi connectivity index (χ2n) is 10.4. The summed E-state index contributed by atoms with van der Waals surface area (Å²) in [5, 5.41) is 0. The number of nitrogens with zero attached hydrogens (tertiary/aromatic N) is 6. The standard InChI is InChI=1S/C28H33N7O3/c1-28(2,3)38-27(36)35-11-9-34(10-12-35)17-19-7-8-29-21(13-19)15-25-32-22-6-5-20(14-24(22)33-25)23-16-26(37-4)31-18-30-23/h5-8,13-14,16,18H,9-12,15,17H2,1-4H3,(H,32,33). The first-order valence-electron chi connectivity index (χ1n) is 12.7. The smallest absolute Gasteiger partial charge is 0.410 e. The molecule has 4 aromatic rings. The fraction of sp³-hybridized carbons (Fsp3) is 0.393. The zero-order valence-electron chi connectivity index (χ0n) is 22.3. The minimum Gasteiger partial charge on any atom is -0.481 e. The molecule has 4 heterocycles. The Balaban J connectivity index is 1.21. The molecule has 0 atom stereocenters. The van der Waals surface area contributed by atoms with Gasteiger partial charge in [0.05, 0.1) is 23.8 Å². The fourth-order valence-electron chi connectivity index (χ4n) is 4.48. The van der Waals surface area contributed by atoms with Gasteiger partial charge in [0, 0.05) is 62.7 Å². The number of hydrogen-bond acceptors (Lipinski definition) is 8. The van der Waals surface area contributed by atoms with Crippen LogP contribution in [0.1, 0.15) is 37.9 Å². The second kappa shape index (κ2) is 10.7. The first kappa shape index (κ1) is 25.6. The third-order valence-electron chi connectivity index (χ3n) is 6.34. The lowest BCUT2D eigenvalue weighted by atomic mass is 10.1. The molecule has 0 radical (unpaired) electrons. The van der Waals surface area contributed by atoms with Gasteiger partial charge in [0.2, 0.25) is 5.88 Å². The summed E-state index contributed by atoms with van der Waals surface area (Å²) in [6.07, 6.45) is 3.71. The average molecular weight is 516 g/mol. The number of ether oxygens (including phenoxy) is 2. The summed E-state index contributed by atoms with van der Waals surface area (Å²) in [5.41, 5.74) is 5.25. The number of amides is 1. The van der Waals surface area contributed by atoms with Crippen LogP contribution in [0.3, 0.4) is 0 Å². The van der Waals surface area contributed by atoms with Crippen LogP contribution in [0, 0.1) is 0 Å². The van der Waals surface area contributed by atoms with Crippen LogP contribution in [0.2, 0.25) is 0 Å². The van der Waals surface area contributed by atoms with Crippen molar-refractivity contribution in [3.05, 3.63) is 66.0 Å². The molecule has 0 bridgehead atoms. The van der Waals surface area contributed by atoms with Crippen molar-refractivity contribution in [2.24, 2.45) is 0 Å². The van der Waals surface area contributed by atoms with E-state index in [-0.39, 0.29) is 6.09 Å². The van der Waals surface area contributed by atoms with Gasteiger partial charge in [-0.3, -0.25) is 9.88 Å². The number of aromatic nitrogens is 5. The molecule has 0 unspecified atom stereocenters. The molecular weight excluding hydrogens is 482 g/mol. The number of imidazole rings is 1. The molecule has 5 rings (SSSR count). The third kappa shape index (κ3) is 6.25. The molecule has 10 heteroatoms. The SMILES string of the molecule is COc1cc(-c2ccc3nc(Cc4cc(CN5CCN(C(=O)OC(C)(C)C)CC5)ccn4)[nH]c3c2)ncn1. The maximum absolute atomic E-state index is 12.3. The normalized spacial score (nSPS) is 14.6. The number of rotatable bonds is 6. The van der Waals surface area contributed by atoms with Crippen molar-refractivity contribution < 1.29 is 14.3 Å². The van der Waals surface area contributed by atoms with Crippen LogP contribution in [0.15, 0.2) is 48.9 Å². The van der Waals surface area contributed by atoms with Crippen LogP contribution in [-0.4, -0.2) is 79.7 Å². The summed E-state index contributed by atoms with van der Waals surface area (Å²) in [6, 6.07) is 12.0. The molecule has 1 amide bonds. The lowest BCUT2D eigenvalue weighted by Gasteiger charge is -2.35. The van der Waals surface area contributed by atoms with E-state index < -0.39 is 5.60 Å². The zero-order valence-corrected chi connectivity index (χ0v) is 22.3. The van der Waals surface area contributed by atoms with Crippen molar-refractivity contribution in [3.63, 3.8) is 0 Å². The molecule has 1 N–H and O–H groups in total. The summed E-state index contributed by atoms with van der Waals surface area (Å²) in [5.74, 6) is 1.38. The van der Waals surface area contributed by atoms with Crippen LogP contribution in [-0.2, 0) is 17.7 Å². The largest absolute Gasteiger partial charge is 0.481 e. The Labute approximate surface area is 222 Å². The molecule has 198 valence electrons. The van der Waals surface area contributed by atoms with Gasteiger partial charge < -0.3 is 19.4 Å². The Hall–Kier alpha value is -4.05. The first-order chi connectivity index (χ1) is 18.3. The molecule has 0 saturated carbocycles. The van der Waals surface area contributed by atoms with E-state index in [4.69, 9.17) is 14.5 Å². The highest BCUT2D eigenvalue weighted by atomic mass is 16.6. The van der Waals surface area contributed by atoms with Gasteiger partial charge in [-0.25, -0.2) is 19.7 Å². The van der Waals surface area contributed by atoms with E-state index in [1.807, 2.05) is 57.3 Å². The Kier molecular flexibility index (Phi) is 7.24. The van der Waals surface area contributed by atoms with Crippen LogP contribution in [0.25, 0.3) is 22.3 Å². The number of pyridine rings is 1. The van der Waals surface area contributed by atoms with Crippen LogP contribution in [0.4, 0.5) is 4.79 Å². The molecule has 1 aliphatic heterocycles. The van der Waals surface area contributed by atoms with Crippen LogP contribution in [0.5, 0.6) is 5.88 Å². The molecule has 38 heavy (non-hydrogen) atoms. The lowest BCUT2D eigenvalue weighted by Crippen LogP contribution is -2.49.